The average Bonchev–Trinajstić information content (AvgIpc) is 3.58. The Morgan fingerprint density at radius 1 is 1.03 bits per heavy atom. The van der Waals surface area contributed by atoms with Gasteiger partial charge in [-0.25, -0.2) is 9.78 Å². The Morgan fingerprint density at radius 2 is 1.79 bits per heavy atom. The van der Waals surface area contributed by atoms with Gasteiger partial charge in [0.15, 0.2) is 10.9 Å². The molecule has 5 rings (SSSR count). The number of benzene rings is 2. The summed E-state index contributed by atoms with van der Waals surface area (Å²) in [4.78, 5) is 32.4. The first-order chi connectivity index (χ1) is 19.0. The van der Waals surface area contributed by atoms with Crippen molar-refractivity contribution < 1.29 is 23.6 Å². The van der Waals surface area contributed by atoms with Crippen LogP contribution in [0.5, 0.6) is 5.75 Å². The zero-order valence-corrected chi connectivity index (χ0v) is 22.1. The van der Waals surface area contributed by atoms with Gasteiger partial charge in [-0.3, -0.25) is 20.3 Å². The summed E-state index contributed by atoms with van der Waals surface area (Å²) >= 11 is 1.36. The summed E-state index contributed by atoms with van der Waals surface area (Å²) in [6, 6.07) is 15.6. The van der Waals surface area contributed by atoms with Gasteiger partial charge in [0.1, 0.15) is 18.1 Å². The van der Waals surface area contributed by atoms with E-state index in [0.717, 1.165) is 49.0 Å². The second-order valence-corrected chi connectivity index (χ2v) is 9.82. The summed E-state index contributed by atoms with van der Waals surface area (Å²) in [5, 5.41) is 12.4. The fourth-order valence-electron chi connectivity index (χ4n) is 3.88. The number of urea groups is 1. The summed E-state index contributed by atoms with van der Waals surface area (Å²) < 4.78 is 16.1. The Hall–Kier alpha value is -4.26. The first kappa shape index (κ1) is 26.4. The van der Waals surface area contributed by atoms with Gasteiger partial charge in [-0.15, -0.1) is 0 Å². The highest BCUT2D eigenvalue weighted by atomic mass is 32.1. The summed E-state index contributed by atoms with van der Waals surface area (Å²) in [6.07, 6.45) is 1.70. The largest absolute Gasteiger partial charge is 0.492 e. The molecule has 39 heavy (non-hydrogen) atoms. The Kier molecular flexibility index (Phi) is 8.46. The fraction of sp³-hybridized carbons (Fsp3) is 0.259. The van der Waals surface area contributed by atoms with Gasteiger partial charge in [-0.05, 0) is 48.9 Å². The van der Waals surface area contributed by atoms with Crippen molar-refractivity contribution in [3.63, 3.8) is 0 Å². The van der Waals surface area contributed by atoms with Gasteiger partial charge in [-0.2, -0.15) is 0 Å². The lowest BCUT2D eigenvalue weighted by atomic mass is 10.2. The smallest absolute Gasteiger partial charge is 0.324 e. The summed E-state index contributed by atoms with van der Waals surface area (Å²) in [6.45, 7) is 6.55. The summed E-state index contributed by atoms with van der Waals surface area (Å²) in [5.41, 5.74) is 2.04. The normalized spacial score (nSPS) is 13.6. The van der Waals surface area contributed by atoms with Crippen molar-refractivity contribution in [2.45, 2.75) is 6.92 Å². The Morgan fingerprint density at radius 3 is 2.51 bits per heavy atom. The number of aryl methyl sites for hydroxylation is 1. The highest BCUT2D eigenvalue weighted by molar-refractivity contribution is 7.19. The van der Waals surface area contributed by atoms with Crippen molar-refractivity contribution in [1.29, 1.82) is 0 Å². The van der Waals surface area contributed by atoms with Crippen LogP contribution in [0.4, 0.5) is 21.4 Å². The van der Waals surface area contributed by atoms with Gasteiger partial charge in [0.05, 0.1) is 18.1 Å². The van der Waals surface area contributed by atoms with E-state index >= 15 is 0 Å². The molecule has 0 aliphatic carbocycles. The van der Waals surface area contributed by atoms with Crippen molar-refractivity contribution in [3.05, 3.63) is 72.1 Å². The lowest BCUT2D eigenvalue weighted by molar-refractivity contribution is 0.0322. The lowest BCUT2D eigenvalue weighted by Gasteiger charge is -2.26. The van der Waals surface area contributed by atoms with E-state index in [0.29, 0.717) is 34.6 Å². The van der Waals surface area contributed by atoms with E-state index in [4.69, 9.17) is 14.0 Å². The summed E-state index contributed by atoms with van der Waals surface area (Å²) in [5.74, 6) is 1.42. The van der Waals surface area contributed by atoms with E-state index in [9.17, 15) is 9.59 Å². The number of amides is 3. The number of nitrogens with one attached hydrogen (secondary N) is 3. The van der Waals surface area contributed by atoms with Crippen LogP contribution < -0.4 is 20.7 Å². The van der Waals surface area contributed by atoms with Crippen molar-refractivity contribution >= 4 is 39.9 Å². The Balaban J connectivity index is 1.10. The van der Waals surface area contributed by atoms with E-state index in [1.165, 1.54) is 11.3 Å². The number of thiazole rings is 1. The molecule has 1 fully saturated rings. The molecule has 2 aromatic heterocycles. The minimum atomic E-state index is -0.425. The Labute approximate surface area is 229 Å². The second kappa shape index (κ2) is 12.5. The third-order valence-corrected chi connectivity index (χ3v) is 6.88. The number of carbonyl (C=O) groups is 2. The molecular formula is C27H28N6O5S. The van der Waals surface area contributed by atoms with Crippen LogP contribution in [-0.4, -0.2) is 66.4 Å². The number of carbonyl (C=O) groups excluding carboxylic acids is 2. The molecule has 11 nitrogen and oxygen atoms in total. The highest BCUT2D eigenvalue weighted by Gasteiger charge is 2.13. The topological polar surface area (TPSA) is 131 Å². The van der Waals surface area contributed by atoms with Gasteiger partial charge in [-0.1, -0.05) is 28.6 Å². The third kappa shape index (κ3) is 7.41. The van der Waals surface area contributed by atoms with Crippen molar-refractivity contribution in [2.24, 2.45) is 0 Å². The monoisotopic (exact) mass is 548 g/mol. The summed E-state index contributed by atoms with van der Waals surface area (Å²) in [7, 11) is 0. The van der Waals surface area contributed by atoms with Crippen molar-refractivity contribution in [1.82, 2.24) is 15.0 Å². The molecule has 2 aromatic carbocycles. The Bertz CT molecular complexity index is 1400. The SMILES string of the molecule is Cc1cc(NC(=O)Nc2ccc(-c3cnc(NC(=O)c4ccc(OCCN5CCOCC5)cc4)s3)cc2)no1. The first-order valence-corrected chi connectivity index (χ1v) is 13.3. The van der Waals surface area contributed by atoms with E-state index in [1.54, 1.807) is 55.6 Å². The second-order valence-electron chi connectivity index (χ2n) is 8.79. The van der Waals surface area contributed by atoms with Gasteiger partial charge in [0.25, 0.3) is 5.91 Å². The molecule has 202 valence electrons. The molecule has 0 radical (unpaired) electrons. The standard InChI is InChI=1S/C27H28N6O5S/c1-18-16-24(32-38-18)30-26(35)29-21-6-2-19(3-7-21)23-17-28-27(39-23)31-25(34)20-4-8-22(9-5-20)37-15-12-33-10-13-36-14-11-33/h2-9,16-17H,10-15H2,1H3,(H,28,31,34)(H2,29,30,32,35). The van der Waals surface area contributed by atoms with E-state index in [-0.39, 0.29) is 5.91 Å². The minimum absolute atomic E-state index is 0.247. The van der Waals surface area contributed by atoms with Crippen LogP contribution in [0, 0.1) is 6.92 Å². The molecule has 3 N–H and O–H groups in total. The highest BCUT2D eigenvalue weighted by Crippen LogP contribution is 2.30. The molecular weight excluding hydrogens is 520 g/mol. The molecule has 3 amide bonds. The van der Waals surface area contributed by atoms with Crippen LogP contribution >= 0.6 is 11.3 Å². The molecule has 4 aromatic rings. The van der Waals surface area contributed by atoms with Crippen LogP contribution in [0.25, 0.3) is 10.4 Å². The molecule has 1 aliphatic rings. The van der Waals surface area contributed by atoms with Crippen molar-refractivity contribution in [3.8, 4) is 16.2 Å². The number of hydrogen-bond acceptors (Lipinski definition) is 9. The van der Waals surface area contributed by atoms with Gasteiger partial charge < -0.3 is 19.3 Å². The third-order valence-electron chi connectivity index (χ3n) is 5.92. The van der Waals surface area contributed by atoms with Gasteiger partial charge >= 0.3 is 6.03 Å². The predicted octanol–water partition coefficient (Wildman–Crippen LogP) is 4.71. The molecule has 0 bridgehead atoms. The van der Waals surface area contributed by atoms with Crippen LogP contribution in [0.2, 0.25) is 0 Å². The molecule has 1 aliphatic heterocycles. The van der Waals surface area contributed by atoms with E-state index in [1.807, 2.05) is 12.1 Å². The molecule has 3 heterocycles. The van der Waals surface area contributed by atoms with E-state index in [2.05, 4.69) is 31.0 Å². The van der Waals surface area contributed by atoms with Crippen molar-refractivity contribution in [2.75, 3.05) is 55.4 Å². The predicted molar refractivity (Wildman–Crippen MR) is 149 cm³/mol. The lowest BCUT2D eigenvalue weighted by Crippen LogP contribution is -2.38. The molecule has 0 spiro atoms. The van der Waals surface area contributed by atoms with Gasteiger partial charge in [0.2, 0.25) is 0 Å². The number of ether oxygens (including phenoxy) is 2. The fourth-order valence-corrected chi connectivity index (χ4v) is 4.69. The number of anilines is 3. The first-order valence-electron chi connectivity index (χ1n) is 12.4. The van der Waals surface area contributed by atoms with Gasteiger partial charge in [0, 0.05) is 43.1 Å². The van der Waals surface area contributed by atoms with Crippen LogP contribution in [-0.2, 0) is 4.74 Å². The van der Waals surface area contributed by atoms with Crippen LogP contribution in [0.1, 0.15) is 16.1 Å². The maximum absolute atomic E-state index is 12.7. The maximum Gasteiger partial charge on any atom is 0.324 e. The molecule has 0 atom stereocenters. The number of rotatable bonds is 9. The van der Waals surface area contributed by atoms with Crippen LogP contribution in [0.3, 0.4) is 0 Å². The number of aromatic nitrogens is 2. The zero-order chi connectivity index (χ0) is 27.0. The number of morpholine rings is 1. The average molecular weight is 549 g/mol. The molecule has 0 unspecified atom stereocenters. The quantitative estimate of drug-likeness (QED) is 0.274. The number of hydrogen-bond donors (Lipinski definition) is 3. The zero-order valence-electron chi connectivity index (χ0n) is 21.3. The van der Waals surface area contributed by atoms with Crippen LogP contribution in [0.15, 0.2) is 65.3 Å². The number of nitrogens with zero attached hydrogens (tertiary/aromatic N) is 3. The minimum Gasteiger partial charge on any atom is -0.492 e. The molecule has 12 heteroatoms. The maximum atomic E-state index is 12.7. The molecule has 0 saturated carbocycles. The molecule has 1 saturated heterocycles. The van der Waals surface area contributed by atoms with E-state index < -0.39 is 6.03 Å².